The molecular formula is C27H16ClF5N4O3. The van der Waals surface area contributed by atoms with Crippen molar-refractivity contribution in [2.75, 3.05) is 5.32 Å². The lowest BCUT2D eigenvalue weighted by Gasteiger charge is -2.19. The Bertz CT molecular complexity index is 1770. The number of benzene rings is 3. The molecule has 2 amide bonds. The first-order chi connectivity index (χ1) is 18.8. The van der Waals surface area contributed by atoms with Gasteiger partial charge in [-0.05, 0) is 48.5 Å². The van der Waals surface area contributed by atoms with Crippen molar-refractivity contribution in [2.45, 2.75) is 12.2 Å². The van der Waals surface area contributed by atoms with Gasteiger partial charge < -0.3 is 15.2 Å². The number of amides is 2. The molecule has 40 heavy (non-hydrogen) atoms. The molecule has 1 unspecified atom stereocenters. The van der Waals surface area contributed by atoms with Crippen LogP contribution in [0.5, 0.6) is 0 Å². The van der Waals surface area contributed by atoms with Gasteiger partial charge in [0, 0.05) is 51.8 Å². The van der Waals surface area contributed by atoms with Crippen LogP contribution in [0.2, 0.25) is 5.02 Å². The smallest absolute Gasteiger partial charge is 0.341 e. The molecule has 204 valence electrons. The molecule has 0 fully saturated rings. The summed E-state index contributed by atoms with van der Waals surface area (Å²) in [7, 11) is 1.47. The number of halogens is 6. The first-order valence-corrected chi connectivity index (χ1v) is 11.9. The number of rotatable bonds is 4. The van der Waals surface area contributed by atoms with E-state index in [0.717, 1.165) is 18.3 Å². The molecule has 1 aromatic heterocycles. The Balaban J connectivity index is 1.68. The van der Waals surface area contributed by atoms with Gasteiger partial charge in [-0.3, -0.25) is 14.4 Å². The highest BCUT2D eigenvalue weighted by Gasteiger charge is 2.36. The van der Waals surface area contributed by atoms with Gasteiger partial charge in [0.05, 0.1) is 23.5 Å². The number of anilines is 1. The Morgan fingerprint density at radius 2 is 1.80 bits per heavy atom. The van der Waals surface area contributed by atoms with Crippen LogP contribution >= 0.6 is 11.6 Å². The fourth-order valence-corrected chi connectivity index (χ4v) is 4.60. The van der Waals surface area contributed by atoms with E-state index in [-0.39, 0.29) is 44.7 Å². The van der Waals surface area contributed by atoms with Crippen LogP contribution in [-0.4, -0.2) is 21.4 Å². The second-order valence-corrected chi connectivity index (χ2v) is 9.37. The van der Waals surface area contributed by atoms with Crippen molar-refractivity contribution in [3.8, 4) is 11.3 Å². The number of carbonyl (C=O) groups excluding carboxylic acids is 2. The maximum atomic E-state index is 14.1. The van der Waals surface area contributed by atoms with Crippen LogP contribution in [0.15, 0.2) is 65.7 Å². The topological polar surface area (TPSA) is 93.1 Å². The van der Waals surface area contributed by atoms with Crippen molar-refractivity contribution in [1.29, 1.82) is 0 Å². The molecule has 1 atom stereocenters. The van der Waals surface area contributed by atoms with E-state index >= 15 is 0 Å². The Kier molecular flexibility index (Phi) is 6.66. The number of nitrogens with zero attached hydrogens (tertiary/aromatic N) is 2. The standard InChI is InChI=1S/C27H16ClF5N4O3/c1-37-11-21(34-10-22(37)38)12-6-18-23(24(36-26(18)40)17-9-15(29)2-3-19(17)28)20(7-12)35-25(39)13-4-14(27(31,32)33)8-16(30)5-13/h2-11,24H,1H3,(H,35,39)(H,36,40). The second-order valence-electron chi connectivity index (χ2n) is 8.96. The highest BCUT2D eigenvalue weighted by molar-refractivity contribution is 6.31. The van der Waals surface area contributed by atoms with Crippen molar-refractivity contribution in [3.63, 3.8) is 0 Å². The maximum absolute atomic E-state index is 14.1. The van der Waals surface area contributed by atoms with Gasteiger partial charge in [0.1, 0.15) is 11.6 Å². The molecule has 1 aliphatic rings. The molecule has 7 nitrogen and oxygen atoms in total. The number of hydrogen-bond acceptors (Lipinski definition) is 4. The number of fused-ring (bicyclic) bond motifs is 1. The molecule has 0 radical (unpaired) electrons. The largest absolute Gasteiger partial charge is 0.416 e. The summed E-state index contributed by atoms with van der Waals surface area (Å²) in [6.07, 6.45) is -2.49. The van der Waals surface area contributed by atoms with Crippen LogP contribution in [0.3, 0.4) is 0 Å². The average molecular weight is 575 g/mol. The fourth-order valence-electron chi connectivity index (χ4n) is 4.38. The summed E-state index contributed by atoms with van der Waals surface area (Å²) in [5, 5.41) is 5.22. The molecule has 2 N–H and O–H groups in total. The molecule has 0 saturated heterocycles. The quantitative estimate of drug-likeness (QED) is 0.316. The predicted molar refractivity (Wildman–Crippen MR) is 135 cm³/mol. The first kappa shape index (κ1) is 27.0. The summed E-state index contributed by atoms with van der Waals surface area (Å²) >= 11 is 6.29. The number of carbonyl (C=O) groups is 2. The van der Waals surface area contributed by atoms with Gasteiger partial charge in [-0.15, -0.1) is 0 Å². The monoisotopic (exact) mass is 574 g/mol. The molecule has 5 rings (SSSR count). The summed E-state index contributed by atoms with van der Waals surface area (Å²) in [6, 6.07) is 6.63. The van der Waals surface area contributed by atoms with E-state index in [1.54, 1.807) is 0 Å². The van der Waals surface area contributed by atoms with Gasteiger partial charge >= 0.3 is 6.18 Å². The number of aromatic nitrogens is 2. The number of nitrogens with one attached hydrogen (secondary N) is 2. The molecule has 1 aliphatic heterocycles. The van der Waals surface area contributed by atoms with Crippen LogP contribution in [0.1, 0.15) is 43.4 Å². The Hall–Kier alpha value is -4.58. The minimum atomic E-state index is -4.91. The Labute approximate surface area is 227 Å². The van der Waals surface area contributed by atoms with Gasteiger partial charge in [-0.1, -0.05) is 11.6 Å². The van der Waals surface area contributed by atoms with Crippen molar-refractivity contribution < 1.29 is 31.5 Å². The Morgan fingerprint density at radius 1 is 1.05 bits per heavy atom. The summed E-state index contributed by atoms with van der Waals surface area (Å²) in [6.45, 7) is 0. The lowest BCUT2D eigenvalue weighted by Crippen LogP contribution is -2.21. The van der Waals surface area contributed by atoms with Crippen LogP contribution < -0.4 is 16.2 Å². The molecule has 0 aliphatic carbocycles. The third-order valence-electron chi connectivity index (χ3n) is 6.27. The average Bonchev–Trinajstić information content (AvgIpc) is 3.22. The second kappa shape index (κ2) is 9.87. The van der Waals surface area contributed by atoms with Gasteiger partial charge in [-0.2, -0.15) is 13.2 Å². The van der Waals surface area contributed by atoms with Gasteiger partial charge in [-0.25, -0.2) is 13.8 Å². The SMILES string of the molecule is Cn1cc(-c2cc(NC(=O)c3cc(F)cc(C(F)(F)F)c3)c3c(c2)C(=O)NC3c2cc(F)ccc2Cl)ncc1=O. The van der Waals surface area contributed by atoms with Gasteiger partial charge in [0.2, 0.25) is 0 Å². The number of hydrogen-bond donors (Lipinski definition) is 2. The lowest BCUT2D eigenvalue weighted by molar-refractivity contribution is -0.137. The molecule has 2 heterocycles. The van der Waals surface area contributed by atoms with Crippen LogP contribution in [0, 0.1) is 11.6 Å². The van der Waals surface area contributed by atoms with E-state index in [0.29, 0.717) is 12.1 Å². The van der Waals surface area contributed by atoms with E-state index in [1.807, 2.05) is 0 Å². The van der Waals surface area contributed by atoms with Crippen molar-refractivity contribution in [1.82, 2.24) is 14.9 Å². The summed E-state index contributed by atoms with van der Waals surface area (Å²) < 4.78 is 69.1. The van der Waals surface area contributed by atoms with E-state index in [1.165, 1.54) is 36.0 Å². The molecule has 0 spiro atoms. The maximum Gasteiger partial charge on any atom is 0.416 e. The third-order valence-corrected chi connectivity index (χ3v) is 6.61. The molecule has 0 saturated carbocycles. The minimum Gasteiger partial charge on any atom is -0.341 e. The van der Waals surface area contributed by atoms with Crippen LogP contribution in [-0.2, 0) is 13.2 Å². The zero-order chi connectivity index (χ0) is 28.9. The van der Waals surface area contributed by atoms with E-state index in [2.05, 4.69) is 15.6 Å². The third kappa shape index (κ3) is 5.05. The van der Waals surface area contributed by atoms with Crippen LogP contribution in [0.25, 0.3) is 11.3 Å². The zero-order valence-corrected chi connectivity index (χ0v) is 21.0. The minimum absolute atomic E-state index is 0.0315. The van der Waals surface area contributed by atoms with Crippen molar-refractivity contribution in [3.05, 3.63) is 116 Å². The summed E-state index contributed by atoms with van der Waals surface area (Å²) in [4.78, 5) is 42.1. The van der Waals surface area contributed by atoms with Crippen molar-refractivity contribution >= 4 is 29.1 Å². The van der Waals surface area contributed by atoms with E-state index < -0.39 is 52.4 Å². The normalized spacial score (nSPS) is 14.6. The molecule has 3 aromatic carbocycles. The number of alkyl halides is 3. The van der Waals surface area contributed by atoms with Gasteiger partial charge in [0.25, 0.3) is 17.4 Å². The predicted octanol–water partition coefficient (Wildman–Crippen LogP) is 5.48. The lowest BCUT2D eigenvalue weighted by atomic mass is 9.93. The highest BCUT2D eigenvalue weighted by Crippen LogP contribution is 2.41. The summed E-state index contributed by atoms with van der Waals surface area (Å²) in [5.74, 6) is -3.67. The molecule has 0 bridgehead atoms. The highest BCUT2D eigenvalue weighted by atomic mass is 35.5. The zero-order valence-electron chi connectivity index (χ0n) is 20.2. The van der Waals surface area contributed by atoms with Crippen molar-refractivity contribution in [2.24, 2.45) is 7.05 Å². The number of aryl methyl sites for hydroxylation is 1. The van der Waals surface area contributed by atoms with Crippen LogP contribution in [0.4, 0.5) is 27.6 Å². The molecular weight excluding hydrogens is 559 g/mol. The van der Waals surface area contributed by atoms with E-state index in [9.17, 15) is 36.3 Å². The molecule has 4 aromatic rings. The van der Waals surface area contributed by atoms with E-state index in [4.69, 9.17) is 11.6 Å². The fraction of sp³-hybridized carbons (Fsp3) is 0.111. The summed E-state index contributed by atoms with van der Waals surface area (Å²) in [5.41, 5.74) is -1.65. The first-order valence-electron chi connectivity index (χ1n) is 11.5. The Morgan fingerprint density at radius 3 is 2.50 bits per heavy atom. The molecule has 13 heteroatoms. The van der Waals surface area contributed by atoms with Gasteiger partial charge in [0.15, 0.2) is 0 Å².